The number of aromatic nitrogens is 1. The number of hydrogen-bond donors (Lipinski definition) is 2. The number of nitrogens with zero attached hydrogens (tertiary/aromatic N) is 1. The lowest BCUT2D eigenvalue weighted by molar-refractivity contribution is 0.752. The Hall–Kier alpha value is -0.930. The predicted octanol–water partition coefficient (Wildman–Crippen LogP) is 0.682. The van der Waals surface area contributed by atoms with E-state index in [-0.39, 0.29) is 6.04 Å². The van der Waals surface area contributed by atoms with Crippen LogP contribution < -0.4 is 11.5 Å². The molecular formula is C9H17N3. The van der Waals surface area contributed by atoms with Crippen LogP contribution in [0.2, 0.25) is 0 Å². The highest BCUT2D eigenvalue weighted by molar-refractivity contribution is 5.05. The van der Waals surface area contributed by atoms with Crippen molar-refractivity contribution in [1.29, 1.82) is 0 Å². The van der Waals surface area contributed by atoms with Gasteiger partial charge in [0, 0.05) is 25.0 Å². The third kappa shape index (κ3) is 7.18. The molecule has 1 heterocycles. The fourth-order valence-corrected chi connectivity index (χ4v) is 0.426. The van der Waals surface area contributed by atoms with Crippen LogP contribution in [0, 0.1) is 6.92 Å². The molecule has 0 fully saturated rings. The Morgan fingerprint density at radius 1 is 1.42 bits per heavy atom. The van der Waals surface area contributed by atoms with E-state index in [2.05, 4.69) is 4.98 Å². The van der Waals surface area contributed by atoms with Crippen molar-refractivity contribution in [2.75, 3.05) is 6.54 Å². The number of rotatable bonds is 1. The van der Waals surface area contributed by atoms with E-state index >= 15 is 0 Å². The highest BCUT2D eigenvalue weighted by Gasteiger charge is 1.79. The molecule has 1 unspecified atom stereocenters. The Morgan fingerprint density at radius 3 is 2.00 bits per heavy atom. The average molecular weight is 167 g/mol. The van der Waals surface area contributed by atoms with Gasteiger partial charge < -0.3 is 11.5 Å². The maximum Gasteiger partial charge on any atom is 0.0270 e. The van der Waals surface area contributed by atoms with Crippen LogP contribution >= 0.6 is 0 Å². The molecular weight excluding hydrogens is 150 g/mol. The Balaban J connectivity index is 0.000000217. The molecule has 0 amide bonds. The normalized spacial score (nSPS) is 11.3. The van der Waals surface area contributed by atoms with E-state index in [0.717, 1.165) is 0 Å². The molecule has 0 aliphatic rings. The first-order chi connectivity index (χ1) is 5.66. The molecule has 1 aromatic rings. The molecule has 1 atom stereocenters. The Labute approximate surface area is 73.8 Å². The Kier molecular flexibility index (Phi) is 6.24. The first-order valence-corrected chi connectivity index (χ1v) is 3.99. The highest BCUT2D eigenvalue weighted by atomic mass is 14.7. The van der Waals surface area contributed by atoms with Crippen LogP contribution in [0.25, 0.3) is 0 Å². The number of pyridine rings is 1. The lowest BCUT2D eigenvalue weighted by atomic mass is 10.3. The summed E-state index contributed by atoms with van der Waals surface area (Å²) < 4.78 is 0. The fourth-order valence-electron chi connectivity index (χ4n) is 0.426. The van der Waals surface area contributed by atoms with E-state index in [1.54, 1.807) is 12.4 Å². The highest BCUT2D eigenvalue weighted by Crippen LogP contribution is 1.88. The van der Waals surface area contributed by atoms with Crippen molar-refractivity contribution in [3.05, 3.63) is 30.1 Å². The van der Waals surface area contributed by atoms with Crippen LogP contribution in [-0.2, 0) is 0 Å². The van der Waals surface area contributed by atoms with Crippen molar-refractivity contribution in [3.8, 4) is 0 Å². The van der Waals surface area contributed by atoms with Crippen molar-refractivity contribution < 1.29 is 0 Å². The van der Waals surface area contributed by atoms with E-state index < -0.39 is 0 Å². The minimum Gasteiger partial charge on any atom is -0.329 e. The van der Waals surface area contributed by atoms with Crippen LogP contribution in [0.15, 0.2) is 24.5 Å². The molecule has 0 spiro atoms. The Bertz CT molecular complexity index is 184. The summed E-state index contributed by atoms with van der Waals surface area (Å²) >= 11 is 0. The molecule has 1 rings (SSSR count). The van der Waals surface area contributed by atoms with E-state index in [9.17, 15) is 0 Å². The molecule has 68 valence electrons. The SMILES string of the molecule is CC(N)CN.Cc1ccncc1. The smallest absolute Gasteiger partial charge is 0.0270 e. The third-order valence-corrected chi connectivity index (χ3v) is 1.22. The lowest BCUT2D eigenvalue weighted by Gasteiger charge is -1.92. The Morgan fingerprint density at radius 2 is 1.83 bits per heavy atom. The molecule has 3 heteroatoms. The summed E-state index contributed by atoms with van der Waals surface area (Å²) in [5.41, 5.74) is 11.5. The van der Waals surface area contributed by atoms with E-state index in [0.29, 0.717) is 6.54 Å². The minimum absolute atomic E-state index is 0.162. The molecule has 0 saturated carbocycles. The largest absolute Gasteiger partial charge is 0.329 e. The standard InChI is InChI=1S/C6H7N.C3H10N2/c1-6-2-4-7-5-3-6;1-3(5)2-4/h2-5H,1H3;3H,2,4-5H2,1H3. The van der Waals surface area contributed by atoms with Gasteiger partial charge in [0.05, 0.1) is 0 Å². The van der Waals surface area contributed by atoms with Gasteiger partial charge in [-0.05, 0) is 31.5 Å². The molecule has 0 aromatic carbocycles. The van der Waals surface area contributed by atoms with Gasteiger partial charge in [-0.25, -0.2) is 0 Å². The number of nitrogens with two attached hydrogens (primary N) is 2. The molecule has 1 aromatic heterocycles. The lowest BCUT2D eigenvalue weighted by Crippen LogP contribution is -2.25. The number of aryl methyl sites for hydroxylation is 1. The van der Waals surface area contributed by atoms with Gasteiger partial charge in [-0.3, -0.25) is 4.98 Å². The summed E-state index contributed by atoms with van der Waals surface area (Å²) in [5.74, 6) is 0. The fraction of sp³-hybridized carbons (Fsp3) is 0.444. The molecule has 12 heavy (non-hydrogen) atoms. The third-order valence-electron chi connectivity index (χ3n) is 1.22. The maximum absolute atomic E-state index is 5.17. The van der Waals surface area contributed by atoms with Crippen molar-refractivity contribution in [3.63, 3.8) is 0 Å². The molecule has 0 saturated heterocycles. The van der Waals surface area contributed by atoms with Crippen LogP contribution in [0.5, 0.6) is 0 Å². The van der Waals surface area contributed by atoms with Crippen molar-refractivity contribution in [2.24, 2.45) is 11.5 Å². The van der Waals surface area contributed by atoms with Gasteiger partial charge in [0.1, 0.15) is 0 Å². The second-order valence-corrected chi connectivity index (χ2v) is 2.74. The predicted molar refractivity (Wildman–Crippen MR) is 51.7 cm³/mol. The molecule has 0 bridgehead atoms. The molecule has 4 N–H and O–H groups in total. The van der Waals surface area contributed by atoms with E-state index in [1.807, 2.05) is 26.0 Å². The van der Waals surface area contributed by atoms with Gasteiger partial charge in [-0.1, -0.05) is 0 Å². The summed E-state index contributed by atoms with van der Waals surface area (Å²) in [6.07, 6.45) is 3.57. The van der Waals surface area contributed by atoms with Gasteiger partial charge in [0.25, 0.3) is 0 Å². The zero-order valence-corrected chi connectivity index (χ0v) is 7.70. The number of hydrogen-bond acceptors (Lipinski definition) is 3. The second-order valence-electron chi connectivity index (χ2n) is 2.74. The van der Waals surface area contributed by atoms with Crippen molar-refractivity contribution in [1.82, 2.24) is 4.98 Å². The van der Waals surface area contributed by atoms with Crippen molar-refractivity contribution in [2.45, 2.75) is 19.9 Å². The minimum atomic E-state index is 0.162. The van der Waals surface area contributed by atoms with E-state index in [1.165, 1.54) is 5.56 Å². The quantitative estimate of drug-likeness (QED) is 0.646. The summed E-state index contributed by atoms with van der Waals surface area (Å²) in [5, 5.41) is 0. The van der Waals surface area contributed by atoms with Gasteiger partial charge in [-0.15, -0.1) is 0 Å². The zero-order valence-electron chi connectivity index (χ0n) is 7.70. The van der Waals surface area contributed by atoms with Crippen LogP contribution in [0.1, 0.15) is 12.5 Å². The maximum atomic E-state index is 5.17. The van der Waals surface area contributed by atoms with Crippen molar-refractivity contribution >= 4 is 0 Å². The van der Waals surface area contributed by atoms with Gasteiger partial charge in [0.15, 0.2) is 0 Å². The van der Waals surface area contributed by atoms with Gasteiger partial charge in [0.2, 0.25) is 0 Å². The van der Waals surface area contributed by atoms with Crippen LogP contribution in [0.3, 0.4) is 0 Å². The average Bonchev–Trinajstić information content (AvgIpc) is 2.07. The summed E-state index contributed by atoms with van der Waals surface area (Å²) in [6, 6.07) is 4.11. The molecule has 0 aliphatic heterocycles. The van der Waals surface area contributed by atoms with Gasteiger partial charge >= 0.3 is 0 Å². The zero-order chi connectivity index (χ0) is 9.40. The van der Waals surface area contributed by atoms with Crippen LogP contribution in [-0.4, -0.2) is 17.6 Å². The summed E-state index contributed by atoms with van der Waals surface area (Å²) in [6.45, 7) is 4.50. The molecule has 3 nitrogen and oxygen atoms in total. The first kappa shape index (κ1) is 11.1. The van der Waals surface area contributed by atoms with E-state index in [4.69, 9.17) is 11.5 Å². The summed E-state index contributed by atoms with van der Waals surface area (Å²) in [4.78, 5) is 3.85. The summed E-state index contributed by atoms with van der Waals surface area (Å²) in [7, 11) is 0. The molecule has 0 aliphatic carbocycles. The molecule has 0 radical (unpaired) electrons. The first-order valence-electron chi connectivity index (χ1n) is 3.99. The monoisotopic (exact) mass is 167 g/mol. The topological polar surface area (TPSA) is 64.9 Å². The second kappa shape index (κ2) is 6.76. The van der Waals surface area contributed by atoms with Crippen LogP contribution in [0.4, 0.5) is 0 Å². The van der Waals surface area contributed by atoms with Gasteiger partial charge in [-0.2, -0.15) is 0 Å².